The second-order valence-corrected chi connectivity index (χ2v) is 5.95. The van der Waals surface area contributed by atoms with Gasteiger partial charge < -0.3 is 15.5 Å². The van der Waals surface area contributed by atoms with Gasteiger partial charge in [-0.15, -0.1) is 0 Å². The zero-order valence-electron chi connectivity index (χ0n) is 13.7. The Morgan fingerprint density at radius 3 is 2.40 bits per heavy atom. The second kappa shape index (κ2) is 6.35. The molecular formula is C18H18N6O. The summed E-state index contributed by atoms with van der Waals surface area (Å²) in [7, 11) is 0. The molecule has 1 aliphatic heterocycles. The van der Waals surface area contributed by atoms with Gasteiger partial charge in [0, 0.05) is 44.0 Å². The summed E-state index contributed by atoms with van der Waals surface area (Å²) in [5.41, 5.74) is 6.86. The van der Waals surface area contributed by atoms with Gasteiger partial charge in [0.1, 0.15) is 11.6 Å². The summed E-state index contributed by atoms with van der Waals surface area (Å²) >= 11 is 0. The van der Waals surface area contributed by atoms with Gasteiger partial charge >= 0.3 is 0 Å². The maximum atomic E-state index is 11.8. The first kappa shape index (κ1) is 15.3. The smallest absolute Gasteiger partial charge is 0.249 e. The number of hydrogen-bond acceptors (Lipinski definition) is 6. The fourth-order valence-corrected chi connectivity index (χ4v) is 3.15. The number of piperazine rings is 1. The summed E-state index contributed by atoms with van der Waals surface area (Å²) in [5.74, 6) is 1.23. The van der Waals surface area contributed by atoms with Crippen molar-refractivity contribution in [2.75, 3.05) is 36.0 Å². The average molecular weight is 334 g/mol. The molecule has 7 nitrogen and oxygen atoms in total. The van der Waals surface area contributed by atoms with Crippen LogP contribution in [-0.2, 0) is 0 Å². The van der Waals surface area contributed by atoms with Gasteiger partial charge in [0.2, 0.25) is 5.91 Å². The van der Waals surface area contributed by atoms with Crippen LogP contribution in [0.3, 0.4) is 0 Å². The fourth-order valence-electron chi connectivity index (χ4n) is 3.15. The molecule has 1 amide bonds. The van der Waals surface area contributed by atoms with E-state index in [2.05, 4.69) is 19.8 Å². The topological polar surface area (TPSA) is 88.2 Å². The average Bonchev–Trinajstić information content (AvgIpc) is 2.68. The molecule has 2 aromatic heterocycles. The van der Waals surface area contributed by atoms with Crippen LogP contribution < -0.4 is 15.5 Å². The molecule has 2 N–H and O–H groups in total. The molecule has 0 radical (unpaired) electrons. The molecule has 126 valence electrons. The number of anilines is 2. The zero-order chi connectivity index (χ0) is 17.2. The Bertz CT molecular complexity index is 906. The van der Waals surface area contributed by atoms with E-state index in [1.165, 1.54) is 0 Å². The fraction of sp³-hybridized carbons (Fsp3) is 0.222. The number of pyridine rings is 1. The maximum absolute atomic E-state index is 11.8. The van der Waals surface area contributed by atoms with E-state index < -0.39 is 5.91 Å². The van der Waals surface area contributed by atoms with Crippen molar-refractivity contribution in [2.24, 2.45) is 5.73 Å². The van der Waals surface area contributed by atoms with Crippen LogP contribution in [0.15, 0.2) is 48.9 Å². The molecule has 0 bridgehead atoms. The van der Waals surface area contributed by atoms with Crippen LogP contribution in [0.1, 0.15) is 10.4 Å². The molecular weight excluding hydrogens is 316 g/mol. The normalized spacial score (nSPS) is 14.7. The van der Waals surface area contributed by atoms with Crippen molar-refractivity contribution >= 4 is 28.4 Å². The summed E-state index contributed by atoms with van der Waals surface area (Å²) in [6.45, 7) is 3.22. The van der Waals surface area contributed by atoms with Gasteiger partial charge in [-0.25, -0.2) is 9.97 Å². The van der Waals surface area contributed by atoms with Gasteiger partial charge in [-0.2, -0.15) is 0 Å². The number of para-hydroxylation sites is 1. The minimum atomic E-state index is -0.432. The first-order valence-electron chi connectivity index (χ1n) is 8.18. The van der Waals surface area contributed by atoms with Gasteiger partial charge in [0.15, 0.2) is 0 Å². The van der Waals surface area contributed by atoms with E-state index in [-0.39, 0.29) is 0 Å². The van der Waals surface area contributed by atoms with Gasteiger partial charge in [0.25, 0.3) is 0 Å². The van der Waals surface area contributed by atoms with Crippen LogP contribution in [0.4, 0.5) is 11.6 Å². The van der Waals surface area contributed by atoms with E-state index in [4.69, 9.17) is 10.7 Å². The van der Waals surface area contributed by atoms with Crippen LogP contribution in [0.2, 0.25) is 0 Å². The number of hydrogen-bond donors (Lipinski definition) is 1. The van der Waals surface area contributed by atoms with Crippen molar-refractivity contribution in [3.63, 3.8) is 0 Å². The lowest BCUT2D eigenvalue weighted by atomic mass is 10.1. The Kier molecular flexibility index (Phi) is 3.89. The van der Waals surface area contributed by atoms with Crippen molar-refractivity contribution in [2.45, 2.75) is 0 Å². The van der Waals surface area contributed by atoms with E-state index in [9.17, 15) is 4.79 Å². The molecule has 0 spiro atoms. The zero-order valence-corrected chi connectivity index (χ0v) is 13.7. The second-order valence-electron chi connectivity index (χ2n) is 5.95. The first-order valence-corrected chi connectivity index (χ1v) is 8.18. The molecule has 1 saturated heterocycles. The van der Waals surface area contributed by atoms with Gasteiger partial charge in [-0.05, 0) is 12.1 Å². The quantitative estimate of drug-likeness (QED) is 0.780. The Hall–Kier alpha value is -3.22. The predicted octanol–water partition coefficient (Wildman–Crippen LogP) is 1.45. The standard InChI is InChI=1S/C18H18N6O/c19-18(25)14-11-16(22-15-4-2-1-3-13(14)15)23-7-9-24(10-8-23)17-12-20-5-6-21-17/h1-6,11-12H,7-10H2,(H2,19,25). The summed E-state index contributed by atoms with van der Waals surface area (Å²) < 4.78 is 0. The van der Waals surface area contributed by atoms with E-state index in [0.717, 1.165) is 48.7 Å². The molecule has 4 rings (SSSR count). The third-order valence-electron chi connectivity index (χ3n) is 4.45. The van der Waals surface area contributed by atoms with E-state index in [0.29, 0.717) is 5.56 Å². The van der Waals surface area contributed by atoms with Gasteiger partial charge in [-0.1, -0.05) is 18.2 Å². The number of amides is 1. The lowest BCUT2D eigenvalue weighted by molar-refractivity contribution is 0.100. The van der Waals surface area contributed by atoms with Gasteiger partial charge in [0.05, 0.1) is 17.3 Å². The Morgan fingerprint density at radius 1 is 1.00 bits per heavy atom. The number of aromatic nitrogens is 3. The summed E-state index contributed by atoms with van der Waals surface area (Å²) in [6.07, 6.45) is 5.14. The molecule has 1 fully saturated rings. The number of carbonyl (C=O) groups excluding carboxylic acids is 1. The molecule has 1 aliphatic rings. The summed E-state index contributed by atoms with van der Waals surface area (Å²) in [6, 6.07) is 9.37. The van der Waals surface area contributed by atoms with Crippen molar-refractivity contribution in [1.29, 1.82) is 0 Å². The molecule has 7 heteroatoms. The number of fused-ring (bicyclic) bond motifs is 1. The predicted molar refractivity (Wildman–Crippen MR) is 96.7 cm³/mol. The van der Waals surface area contributed by atoms with E-state index in [1.54, 1.807) is 24.7 Å². The lowest BCUT2D eigenvalue weighted by Crippen LogP contribution is -2.47. The van der Waals surface area contributed by atoms with Crippen LogP contribution in [0, 0.1) is 0 Å². The minimum absolute atomic E-state index is 0.432. The monoisotopic (exact) mass is 334 g/mol. The SMILES string of the molecule is NC(=O)c1cc(N2CCN(c3cnccn3)CC2)nc2ccccc12. The molecule has 0 saturated carbocycles. The third kappa shape index (κ3) is 2.96. The Balaban J connectivity index is 1.60. The summed E-state index contributed by atoms with van der Waals surface area (Å²) in [5, 5.41) is 0.789. The highest BCUT2D eigenvalue weighted by molar-refractivity contribution is 6.06. The number of rotatable bonds is 3. The van der Waals surface area contributed by atoms with Crippen molar-refractivity contribution in [3.8, 4) is 0 Å². The number of primary amides is 1. The highest BCUT2D eigenvalue weighted by atomic mass is 16.1. The number of benzene rings is 1. The minimum Gasteiger partial charge on any atom is -0.366 e. The first-order chi connectivity index (χ1) is 12.2. The Morgan fingerprint density at radius 2 is 1.72 bits per heavy atom. The highest BCUT2D eigenvalue weighted by Crippen LogP contribution is 2.24. The van der Waals surface area contributed by atoms with Crippen molar-refractivity contribution in [1.82, 2.24) is 15.0 Å². The molecule has 25 heavy (non-hydrogen) atoms. The number of carbonyl (C=O) groups is 1. The van der Waals surface area contributed by atoms with E-state index in [1.807, 2.05) is 24.3 Å². The molecule has 0 aliphatic carbocycles. The van der Waals surface area contributed by atoms with Crippen LogP contribution in [-0.4, -0.2) is 47.0 Å². The molecule has 3 heterocycles. The Labute approximate surface area is 145 Å². The third-order valence-corrected chi connectivity index (χ3v) is 4.45. The van der Waals surface area contributed by atoms with Crippen molar-refractivity contribution in [3.05, 3.63) is 54.5 Å². The largest absolute Gasteiger partial charge is 0.366 e. The maximum Gasteiger partial charge on any atom is 0.249 e. The number of nitrogens with zero attached hydrogens (tertiary/aromatic N) is 5. The lowest BCUT2D eigenvalue weighted by Gasteiger charge is -2.36. The highest BCUT2D eigenvalue weighted by Gasteiger charge is 2.21. The molecule has 3 aromatic rings. The van der Waals surface area contributed by atoms with Crippen LogP contribution in [0.5, 0.6) is 0 Å². The van der Waals surface area contributed by atoms with E-state index >= 15 is 0 Å². The summed E-state index contributed by atoms with van der Waals surface area (Å²) in [4.78, 5) is 29.4. The number of nitrogens with two attached hydrogens (primary N) is 1. The molecule has 1 aromatic carbocycles. The van der Waals surface area contributed by atoms with Gasteiger partial charge in [-0.3, -0.25) is 9.78 Å². The van der Waals surface area contributed by atoms with Crippen molar-refractivity contribution < 1.29 is 4.79 Å². The molecule has 0 atom stereocenters. The molecule has 0 unspecified atom stereocenters. The van der Waals surface area contributed by atoms with Crippen LogP contribution in [0.25, 0.3) is 10.9 Å². The van der Waals surface area contributed by atoms with Crippen LogP contribution >= 0.6 is 0 Å².